The Labute approximate surface area is 209 Å². The molecule has 0 spiro atoms. The number of carbonyl (C=O) groups is 1. The number of anilines is 1. The van der Waals surface area contributed by atoms with Crippen LogP contribution in [0.25, 0.3) is 33.7 Å². The Morgan fingerprint density at radius 2 is 1.84 bits per heavy atom. The Kier molecular flexibility index (Phi) is 6.63. The summed E-state index contributed by atoms with van der Waals surface area (Å²) < 4.78 is 39.9. The molecule has 1 unspecified atom stereocenters. The van der Waals surface area contributed by atoms with Crippen LogP contribution in [-0.4, -0.2) is 37.3 Å². The molecular weight excluding hydrogens is 481 g/mol. The van der Waals surface area contributed by atoms with Crippen molar-refractivity contribution >= 4 is 22.9 Å². The Balaban J connectivity index is 1.52. The molecule has 1 aromatic carbocycles. The zero-order valence-electron chi connectivity index (χ0n) is 19.6. The number of aromatic amines is 1. The van der Waals surface area contributed by atoms with Crippen molar-refractivity contribution in [2.75, 3.05) is 5.32 Å². The molecule has 10 heteroatoms. The lowest BCUT2D eigenvalue weighted by Crippen LogP contribution is -2.23. The third-order valence-electron chi connectivity index (χ3n) is 5.85. The topological polar surface area (TPSA) is 96.5 Å². The monoisotopic (exact) mass is 502 g/mol. The van der Waals surface area contributed by atoms with E-state index in [0.717, 1.165) is 23.4 Å². The van der Waals surface area contributed by atoms with Crippen LogP contribution in [0.3, 0.4) is 0 Å². The molecule has 2 N–H and O–H groups in total. The van der Waals surface area contributed by atoms with Crippen molar-refractivity contribution in [3.8, 4) is 22.5 Å². The number of halogens is 3. The van der Waals surface area contributed by atoms with Crippen LogP contribution in [0.2, 0.25) is 0 Å². The normalized spacial score (nSPS) is 12.1. The summed E-state index contributed by atoms with van der Waals surface area (Å²) in [5.41, 5.74) is 4.97. The number of hydrogen-bond donors (Lipinski definition) is 2. The van der Waals surface area contributed by atoms with Gasteiger partial charge in [0.2, 0.25) is 12.3 Å². The lowest BCUT2D eigenvalue weighted by molar-refractivity contribution is -0.118. The van der Waals surface area contributed by atoms with E-state index in [-0.39, 0.29) is 11.4 Å². The minimum absolute atomic E-state index is 0.173. The lowest BCUT2D eigenvalue weighted by atomic mass is 9.95. The molecule has 5 aromatic rings. The van der Waals surface area contributed by atoms with Gasteiger partial charge in [0.15, 0.2) is 5.65 Å². The van der Waals surface area contributed by atoms with Gasteiger partial charge in [0, 0.05) is 30.6 Å². The van der Waals surface area contributed by atoms with E-state index in [9.17, 15) is 18.0 Å². The third kappa shape index (κ3) is 5.18. The maximum atomic E-state index is 13.3. The molecule has 1 atom stereocenters. The van der Waals surface area contributed by atoms with Crippen LogP contribution in [-0.2, 0) is 4.79 Å². The van der Waals surface area contributed by atoms with Crippen LogP contribution in [0.1, 0.15) is 23.6 Å². The number of hydrogen-bond acceptors (Lipinski definition) is 5. The summed E-state index contributed by atoms with van der Waals surface area (Å²) in [6.45, 7) is 1.84. The fourth-order valence-electron chi connectivity index (χ4n) is 4.16. The van der Waals surface area contributed by atoms with E-state index < -0.39 is 30.5 Å². The number of pyridine rings is 2. The number of nitrogens with zero attached hydrogens (tertiary/aromatic N) is 4. The summed E-state index contributed by atoms with van der Waals surface area (Å²) in [6, 6.07) is 13.8. The smallest absolute Gasteiger partial charge is 0.239 e. The first-order chi connectivity index (χ1) is 17.9. The molecule has 7 nitrogen and oxygen atoms in total. The molecule has 0 bridgehead atoms. The predicted octanol–water partition coefficient (Wildman–Crippen LogP) is 5.91. The van der Waals surface area contributed by atoms with Gasteiger partial charge in [0.1, 0.15) is 17.2 Å². The molecule has 1 amide bonds. The standard InChI is InChI=1S/C27H21F3N6O/c1-15-14-33-25-23(20-4-2-3-10-31-20)24(36-26(25)34-15)17-9-11-32-22(12-17)35-27(37)19(13-21(29)30)16-5-7-18(28)8-6-16/h2-12,14,19,21H,13H2,1H3,(H,34,36)(H,32,35,37). The molecule has 5 rings (SSSR count). The average molecular weight is 503 g/mol. The Morgan fingerprint density at radius 3 is 2.57 bits per heavy atom. The van der Waals surface area contributed by atoms with Gasteiger partial charge >= 0.3 is 0 Å². The largest absolute Gasteiger partial charge is 0.337 e. The minimum atomic E-state index is -2.73. The molecule has 0 aliphatic heterocycles. The summed E-state index contributed by atoms with van der Waals surface area (Å²) in [5, 5.41) is 2.63. The molecule has 0 aliphatic carbocycles. The number of carbonyl (C=O) groups excluding carboxylic acids is 1. The number of aromatic nitrogens is 5. The summed E-state index contributed by atoms with van der Waals surface area (Å²) in [4.78, 5) is 34.1. The van der Waals surface area contributed by atoms with Crippen molar-refractivity contribution < 1.29 is 18.0 Å². The second kappa shape index (κ2) is 10.2. The van der Waals surface area contributed by atoms with E-state index in [2.05, 4.69) is 30.2 Å². The van der Waals surface area contributed by atoms with Gasteiger partial charge in [0.25, 0.3) is 0 Å². The molecule has 4 heterocycles. The van der Waals surface area contributed by atoms with Crippen LogP contribution in [0.5, 0.6) is 0 Å². The highest BCUT2D eigenvalue weighted by atomic mass is 19.3. The molecule has 186 valence electrons. The van der Waals surface area contributed by atoms with E-state index in [4.69, 9.17) is 0 Å². The van der Waals surface area contributed by atoms with Gasteiger partial charge in [-0.05, 0) is 48.9 Å². The Bertz CT molecular complexity index is 1550. The molecule has 37 heavy (non-hydrogen) atoms. The van der Waals surface area contributed by atoms with E-state index in [0.29, 0.717) is 28.1 Å². The molecule has 0 saturated carbocycles. The minimum Gasteiger partial charge on any atom is -0.337 e. The zero-order valence-corrected chi connectivity index (χ0v) is 19.6. The van der Waals surface area contributed by atoms with Crippen LogP contribution < -0.4 is 5.32 Å². The van der Waals surface area contributed by atoms with Gasteiger partial charge in [-0.3, -0.25) is 14.8 Å². The van der Waals surface area contributed by atoms with Crippen molar-refractivity contribution in [2.24, 2.45) is 0 Å². The van der Waals surface area contributed by atoms with Gasteiger partial charge in [-0.25, -0.2) is 23.1 Å². The van der Waals surface area contributed by atoms with Crippen LogP contribution in [0.4, 0.5) is 19.0 Å². The van der Waals surface area contributed by atoms with Gasteiger partial charge < -0.3 is 10.3 Å². The van der Waals surface area contributed by atoms with Crippen LogP contribution in [0, 0.1) is 12.7 Å². The molecule has 0 fully saturated rings. The molecule has 0 aliphatic rings. The fourth-order valence-corrected chi connectivity index (χ4v) is 4.16. The maximum absolute atomic E-state index is 13.3. The van der Waals surface area contributed by atoms with Gasteiger partial charge in [-0.15, -0.1) is 0 Å². The van der Waals surface area contributed by atoms with Gasteiger partial charge in [0.05, 0.1) is 28.6 Å². The molecular formula is C27H21F3N6O. The number of benzene rings is 1. The van der Waals surface area contributed by atoms with E-state index in [1.807, 2.05) is 25.1 Å². The number of H-pyrrole nitrogens is 1. The van der Waals surface area contributed by atoms with Crippen molar-refractivity contribution in [1.29, 1.82) is 0 Å². The summed E-state index contributed by atoms with van der Waals surface area (Å²) >= 11 is 0. The number of alkyl halides is 2. The second-order valence-corrected chi connectivity index (χ2v) is 8.45. The molecule has 0 saturated heterocycles. The Hall–Kier alpha value is -4.60. The van der Waals surface area contributed by atoms with E-state index in [1.54, 1.807) is 24.5 Å². The summed E-state index contributed by atoms with van der Waals surface area (Å²) in [6.07, 6.45) is 1.42. The maximum Gasteiger partial charge on any atom is 0.239 e. The highest BCUT2D eigenvalue weighted by Crippen LogP contribution is 2.36. The summed E-state index contributed by atoms with van der Waals surface area (Å²) in [7, 11) is 0. The second-order valence-electron chi connectivity index (χ2n) is 8.45. The van der Waals surface area contributed by atoms with Gasteiger partial charge in [-0.1, -0.05) is 18.2 Å². The fraction of sp³-hybridized carbons (Fsp3) is 0.148. The van der Waals surface area contributed by atoms with E-state index >= 15 is 0 Å². The number of fused-ring (bicyclic) bond motifs is 1. The van der Waals surface area contributed by atoms with Crippen molar-refractivity contribution in [1.82, 2.24) is 24.9 Å². The average Bonchev–Trinajstić information content (AvgIpc) is 3.27. The van der Waals surface area contributed by atoms with Gasteiger partial charge in [-0.2, -0.15) is 0 Å². The molecule has 4 aromatic heterocycles. The number of nitrogens with one attached hydrogen (secondary N) is 2. The first kappa shape index (κ1) is 24.1. The SMILES string of the molecule is Cc1cnc2c(-c3ccccn3)c(-c3ccnc(NC(=O)C(CC(F)F)c4ccc(F)cc4)c3)[nH]c2n1. The van der Waals surface area contributed by atoms with Crippen LogP contribution >= 0.6 is 0 Å². The lowest BCUT2D eigenvalue weighted by Gasteiger charge is -2.17. The highest BCUT2D eigenvalue weighted by molar-refractivity contribution is 6.00. The zero-order chi connectivity index (χ0) is 25.9. The number of rotatable bonds is 7. The van der Waals surface area contributed by atoms with Crippen molar-refractivity contribution in [3.63, 3.8) is 0 Å². The predicted molar refractivity (Wildman–Crippen MR) is 133 cm³/mol. The number of amides is 1. The third-order valence-corrected chi connectivity index (χ3v) is 5.85. The van der Waals surface area contributed by atoms with Crippen molar-refractivity contribution in [2.45, 2.75) is 25.7 Å². The van der Waals surface area contributed by atoms with E-state index in [1.165, 1.54) is 18.3 Å². The highest BCUT2D eigenvalue weighted by Gasteiger charge is 2.26. The quantitative estimate of drug-likeness (QED) is 0.289. The Morgan fingerprint density at radius 1 is 1.03 bits per heavy atom. The first-order valence-corrected chi connectivity index (χ1v) is 11.5. The molecule has 0 radical (unpaired) electrons. The number of aryl methyl sites for hydroxylation is 1. The van der Waals surface area contributed by atoms with Crippen LogP contribution in [0.15, 0.2) is 73.2 Å². The first-order valence-electron chi connectivity index (χ1n) is 11.5. The summed E-state index contributed by atoms with van der Waals surface area (Å²) in [5.74, 6) is -2.20. The van der Waals surface area contributed by atoms with Crippen molar-refractivity contribution in [3.05, 3.63) is 90.3 Å².